The van der Waals surface area contributed by atoms with Gasteiger partial charge in [0, 0.05) is 18.5 Å². The maximum atomic E-state index is 4.85. The third-order valence-electron chi connectivity index (χ3n) is 3.70. The first-order valence-electron chi connectivity index (χ1n) is 6.93. The first-order chi connectivity index (χ1) is 9.60. The molecule has 0 unspecified atom stereocenters. The Morgan fingerprint density at radius 3 is 2.55 bits per heavy atom. The minimum Gasteiger partial charge on any atom is -0.372 e. The van der Waals surface area contributed by atoms with Crippen LogP contribution in [0, 0.1) is 17.4 Å². The molecule has 1 heterocycles. The molecule has 3 nitrogen and oxygen atoms in total. The second-order valence-electron chi connectivity index (χ2n) is 5.44. The van der Waals surface area contributed by atoms with Crippen LogP contribution in [0.5, 0.6) is 0 Å². The summed E-state index contributed by atoms with van der Waals surface area (Å²) in [6, 6.07) is 6.44. The maximum Gasteiger partial charge on any atom is 0.162 e. The lowest BCUT2D eigenvalue weighted by atomic mass is 10.0. The van der Waals surface area contributed by atoms with Gasteiger partial charge in [0.25, 0.3) is 0 Å². The van der Waals surface area contributed by atoms with Crippen LogP contribution in [0.2, 0.25) is 0 Å². The van der Waals surface area contributed by atoms with Crippen LogP contribution in [0.1, 0.15) is 35.6 Å². The Labute approximate surface area is 133 Å². The van der Waals surface area contributed by atoms with Crippen LogP contribution in [0.25, 0.3) is 11.4 Å². The SMILES string of the molecule is CNc1nc(-c2ccc(C)cc2C)nc(C2CC2)c1I. The van der Waals surface area contributed by atoms with Crippen molar-refractivity contribution < 1.29 is 0 Å². The number of nitrogens with zero attached hydrogens (tertiary/aromatic N) is 2. The van der Waals surface area contributed by atoms with Crippen LogP contribution < -0.4 is 5.32 Å². The lowest BCUT2D eigenvalue weighted by Crippen LogP contribution is -2.05. The van der Waals surface area contributed by atoms with E-state index in [-0.39, 0.29) is 0 Å². The van der Waals surface area contributed by atoms with Crippen LogP contribution >= 0.6 is 22.6 Å². The molecule has 4 heteroatoms. The molecule has 104 valence electrons. The summed E-state index contributed by atoms with van der Waals surface area (Å²) in [7, 11) is 1.92. The van der Waals surface area contributed by atoms with Gasteiger partial charge in [0.05, 0.1) is 9.26 Å². The van der Waals surface area contributed by atoms with E-state index < -0.39 is 0 Å². The van der Waals surface area contributed by atoms with Crippen LogP contribution in [-0.2, 0) is 0 Å². The zero-order valence-corrected chi connectivity index (χ0v) is 14.2. The van der Waals surface area contributed by atoms with E-state index in [2.05, 4.69) is 60.0 Å². The molecule has 0 amide bonds. The zero-order valence-electron chi connectivity index (χ0n) is 12.0. The number of nitrogens with one attached hydrogen (secondary N) is 1. The van der Waals surface area contributed by atoms with E-state index in [9.17, 15) is 0 Å². The molecule has 2 aromatic rings. The minimum absolute atomic E-state index is 0.626. The molecule has 1 aromatic carbocycles. The van der Waals surface area contributed by atoms with Gasteiger partial charge in [-0.05, 0) is 54.8 Å². The Kier molecular flexibility index (Phi) is 3.67. The van der Waals surface area contributed by atoms with E-state index in [0.717, 1.165) is 17.2 Å². The standard InChI is InChI=1S/C16H18IN3/c1-9-4-7-12(10(2)8-9)15-19-14(11-5-6-11)13(17)16(18-3)20-15/h4,7-8,11H,5-6H2,1-3H3,(H,18,19,20). The summed E-state index contributed by atoms with van der Waals surface area (Å²) in [5.41, 5.74) is 4.84. The van der Waals surface area contributed by atoms with Crippen LogP contribution in [0.15, 0.2) is 18.2 Å². The molecule has 0 radical (unpaired) electrons. The monoisotopic (exact) mass is 379 g/mol. The molecule has 0 bridgehead atoms. The first-order valence-corrected chi connectivity index (χ1v) is 8.01. The van der Waals surface area contributed by atoms with Gasteiger partial charge in [-0.1, -0.05) is 23.8 Å². The molecule has 1 N–H and O–H groups in total. The molecule has 0 spiro atoms. The van der Waals surface area contributed by atoms with Crippen molar-refractivity contribution in [3.8, 4) is 11.4 Å². The van der Waals surface area contributed by atoms with Gasteiger partial charge in [-0.25, -0.2) is 9.97 Å². The van der Waals surface area contributed by atoms with Crippen molar-refractivity contribution >= 4 is 28.4 Å². The molecule has 0 saturated heterocycles. The highest BCUT2D eigenvalue weighted by atomic mass is 127. The van der Waals surface area contributed by atoms with Crippen molar-refractivity contribution in [2.75, 3.05) is 12.4 Å². The van der Waals surface area contributed by atoms with Gasteiger partial charge in [-0.2, -0.15) is 0 Å². The molecule has 0 aliphatic heterocycles. The Balaban J connectivity index is 2.15. The largest absolute Gasteiger partial charge is 0.372 e. The first kappa shape index (κ1) is 13.8. The number of benzene rings is 1. The number of halogens is 1. The number of aromatic nitrogens is 2. The third-order valence-corrected chi connectivity index (χ3v) is 4.76. The van der Waals surface area contributed by atoms with E-state index in [0.29, 0.717) is 5.92 Å². The number of hydrogen-bond donors (Lipinski definition) is 1. The van der Waals surface area contributed by atoms with Crippen molar-refractivity contribution in [2.45, 2.75) is 32.6 Å². The van der Waals surface area contributed by atoms with Gasteiger partial charge in [-0.15, -0.1) is 0 Å². The predicted molar refractivity (Wildman–Crippen MR) is 91.2 cm³/mol. The van der Waals surface area contributed by atoms with Crippen LogP contribution in [-0.4, -0.2) is 17.0 Å². The number of hydrogen-bond acceptors (Lipinski definition) is 3. The number of rotatable bonds is 3. The Morgan fingerprint density at radius 2 is 1.95 bits per heavy atom. The minimum atomic E-state index is 0.626. The smallest absolute Gasteiger partial charge is 0.162 e. The zero-order chi connectivity index (χ0) is 14.3. The van der Waals surface area contributed by atoms with Gasteiger partial charge in [-0.3, -0.25) is 0 Å². The third kappa shape index (κ3) is 2.53. The average molecular weight is 379 g/mol. The van der Waals surface area contributed by atoms with Gasteiger partial charge in [0.1, 0.15) is 5.82 Å². The summed E-state index contributed by atoms with van der Waals surface area (Å²) in [6.07, 6.45) is 2.50. The van der Waals surface area contributed by atoms with E-state index in [1.165, 1.54) is 33.2 Å². The molecule has 1 aliphatic rings. The lowest BCUT2D eigenvalue weighted by molar-refractivity contribution is 0.977. The molecule has 1 saturated carbocycles. The lowest BCUT2D eigenvalue weighted by Gasteiger charge is -2.12. The average Bonchev–Trinajstić information content (AvgIpc) is 3.24. The fourth-order valence-corrected chi connectivity index (χ4v) is 3.39. The van der Waals surface area contributed by atoms with E-state index >= 15 is 0 Å². The molecule has 20 heavy (non-hydrogen) atoms. The van der Waals surface area contributed by atoms with Crippen LogP contribution in [0.4, 0.5) is 5.82 Å². The molecular weight excluding hydrogens is 361 g/mol. The van der Waals surface area contributed by atoms with Gasteiger partial charge >= 0.3 is 0 Å². The highest BCUT2D eigenvalue weighted by Gasteiger charge is 2.29. The highest BCUT2D eigenvalue weighted by Crippen LogP contribution is 2.43. The van der Waals surface area contributed by atoms with Crippen molar-refractivity contribution in [1.29, 1.82) is 0 Å². The summed E-state index contributed by atoms with van der Waals surface area (Å²) in [6.45, 7) is 4.24. The summed E-state index contributed by atoms with van der Waals surface area (Å²) >= 11 is 2.36. The van der Waals surface area contributed by atoms with Crippen molar-refractivity contribution in [3.05, 3.63) is 38.6 Å². The van der Waals surface area contributed by atoms with Gasteiger partial charge in [0.2, 0.25) is 0 Å². The quantitative estimate of drug-likeness (QED) is 0.809. The fourth-order valence-electron chi connectivity index (χ4n) is 2.44. The molecular formula is C16H18IN3. The Morgan fingerprint density at radius 1 is 1.20 bits per heavy atom. The van der Waals surface area contributed by atoms with Gasteiger partial charge < -0.3 is 5.32 Å². The van der Waals surface area contributed by atoms with Gasteiger partial charge in [0.15, 0.2) is 5.82 Å². The second kappa shape index (κ2) is 5.31. The predicted octanol–water partition coefficient (Wildman–Crippen LogP) is 4.28. The maximum absolute atomic E-state index is 4.85. The second-order valence-corrected chi connectivity index (χ2v) is 6.52. The number of aryl methyl sites for hydroxylation is 2. The Hall–Kier alpha value is -1.17. The highest BCUT2D eigenvalue weighted by molar-refractivity contribution is 14.1. The Bertz CT molecular complexity index is 663. The normalized spacial score (nSPS) is 14.4. The topological polar surface area (TPSA) is 37.8 Å². The van der Waals surface area contributed by atoms with Crippen molar-refractivity contribution in [2.24, 2.45) is 0 Å². The summed E-state index contributed by atoms with van der Waals surface area (Å²) < 4.78 is 1.17. The van der Waals surface area contributed by atoms with E-state index in [1.807, 2.05) is 7.05 Å². The van der Waals surface area contributed by atoms with Crippen LogP contribution in [0.3, 0.4) is 0 Å². The number of anilines is 1. The van der Waals surface area contributed by atoms with E-state index in [4.69, 9.17) is 9.97 Å². The van der Waals surface area contributed by atoms with Crippen molar-refractivity contribution in [3.63, 3.8) is 0 Å². The summed E-state index contributed by atoms with van der Waals surface area (Å²) in [5.74, 6) is 2.41. The molecule has 1 aliphatic carbocycles. The molecule has 1 aromatic heterocycles. The summed E-state index contributed by atoms with van der Waals surface area (Å²) in [4.78, 5) is 9.54. The fraction of sp³-hybridized carbons (Fsp3) is 0.375. The van der Waals surface area contributed by atoms with E-state index in [1.54, 1.807) is 0 Å². The molecule has 0 atom stereocenters. The molecule has 3 rings (SSSR count). The van der Waals surface area contributed by atoms with Crippen molar-refractivity contribution in [1.82, 2.24) is 9.97 Å². The molecule has 1 fully saturated rings. The summed E-state index contributed by atoms with van der Waals surface area (Å²) in [5, 5.41) is 3.20.